The van der Waals surface area contributed by atoms with E-state index >= 15 is 0 Å². The summed E-state index contributed by atoms with van der Waals surface area (Å²) < 4.78 is 1.63. The first-order chi connectivity index (χ1) is 12.7. The molecule has 26 heavy (non-hydrogen) atoms. The Hall–Kier alpha value is -2.87. The van der Waals surface area contributed by atoms with Crippen molar-refractivity contribution in [2.45, 2.75) is 6.54 Å². The van der Waals surface area contributed by atoms with Crippen molar-refractivity contribution in [3.05, 3.63) is 53.6 Å². The summed E-state index contributed by atoms with van der Waals surface area (Å²) in [6, 6.07) is 9.71. The zero-order valence-electron chi connectivity index (χ0n) is 14.2. The lowest BCUT2D eigenvalue weighted by Crippen LogP contribution is -2.51. The van der Waals surface area contributed by atoms with Gasteiger partial charge in [-0.15, -0.1) is 5.10 Å². The molecule has 0 amide bonds. The van der Waals surface area contributed by atoms with E-state index in [-0.39, 0.29) is 0 Å². The van der Waals surface area contributed by atoms with Crippen LogP contribution in [0.2, 0.25) is 5.02 Å². The smallest absolute Gasteiger partial charge is 0.252 e. The second kappa shape index (κ2) is 7.17. The number of nitrogens with zero attached hydrogens (tertiary/aromatic N) is 7. The van der Waals surface area contributed by atoms with Crippen LogP contribution in [0, 0.1) is 0 Å². The zero-order valence-corrected chi connectivity index (χ0v) is 14.9. The van der Waals surface area contributed by atoms with E-state index < -0.39 is 0 Å². The highest BCUT2D eigenvalue weighted by atomic mass is 35.5. The summed E-state index contributed by atoms with van der Waals surface area (Å²) in [5.41, 5.74) is 7.33. The Labute approximate surface area is 155 Å². The Bertz CT molecular complexity index is 879. The maximum atomic E-state index is 6.16. The number of fused-ring (bicyclic) bond motifs is 1. The molecule has 0 spiro atoms. The lowest BCUT2D eigenvalue weighted by molar-refractivity contribution is 0.380. The summed E-state index contributed by atoms with van der Waals surface area (Å²) in [6.07, 6.45) is 3.49. The minimum Gasteiger partial charge on any atom is -0.370 e. The Morgan fingerprint density at radius 1 is 1.15 bits per heavy atom. The molecule has 3 aromatic rings. The van der Waals surface area contributed by atoms with Gasteiger partial charge >= 0.3 is 0 Å². The Morgan fingerprint density at radius 2 is 1.92 bits per heavy atom. The topological polar surface area (TPSA) is 87.9 Å². The third-order valence-electron chi connectivity index (χ3n) is 4.34. The highest BCUT2D eigenvalue weighted by Gasteiger charge is 2.18. The summed E-state index contributed by atoms with van der Waals surface area (Å²) in [7, 11) is 0. The Kier molecular flexibility index (Phi) is 4.57. The number of nitrogens with two attached hydrogens (primary N) is 1. The van der Waals surface area contributed by atoms with Crippen molar-refractivity contribution < 1.29 is 0 Å². The molecule has 0 radical (unpaired) electrons. The van der Waals surface area contributed by atoms with Crippen molar-refractivity contribution in [1.29, 1.82) is 0 Å². The van der Waals surface area contributed by atoms with Gasteiger partial charge in [-0.2, -0.15) is 4.98 Å². The largest absolute Gasteiger partial charge is 0.370 e. The molecule has 2 aromatic heterocycles. The van der Waals surface area contributed by atoms with Crippen molar-refractivity contribution in [3.63, 3.8) is 0 Å². The van der Waals surface area contributed by atoms with Crippen LogP contribution in [-0.4, -0.2) is 56.6 Å². The number of anilines is 1. The summed E-state index contributed by atoms with van der Waals surface area (Å²) in [5, 5.41) is 5.08. The second-order valence-electron chi connectivity index (χ2n) is 6.02. The highest BCUT2D eigenvalue weighted by Crippen LogP contribution is 2.19. The molecule has 4 rings (SSSR count). The molecule has 1 fully saturated rings. The first-order valence-corrected chi connectivity index (χ1v) is 8.78. The zero-order chi connectivity index (χ0) is 17.9. The average molecular weight is 371 g/mol. The van der Waals surface area contributed by atoms with Crippen LogP contribution in [0.1, 0.15) is 5.82 Å². The van der Waals surface area contributed by atoms with Gasteiger partial charge in [-0.05, 0) is 30.3 Å². The lowest BCUT2D eigenvalue weighted by atomic mass is 10.2. The van der Waals surface area contributed by atoms with Crippen LogP contribution in [-0.2, 0) is 6.54 Å². The average Bonchev–Trinajstić information content (AvgIpc) is 3.10. The molecule has 0 aliphatic carbocycles. The molecular weight excluding hydrogens is 352 g/mol. The Morgan fingerprint density at radius 3 is 2.65 bits per heavy atom. The first-order valence-electron chi connectivity index (χ1n) is 8.41. The number of aromatic nitrogens is 4. The fourth-order valence-electron chi connectivity index (χ4n) is 2.94. The number of halogens is 1. The molecule has 1 aliphatic heterocycles. The van der Waals surface area contributed by atoms with E-state index in [4.69, 9.17) is 17.3 Å². The van der Waals surface area contributed by atoms with Crippen LogP contribution in [0.3, 0.4) is 0 Å². The van der Waals surface area contributed by atoms with Gasteiger partial charge in [0.15, 0.2) is 11.8 Å². The first kappa shape index (κ1) is 16.6. The Balaban J connectivity index is 1.36. The molecule has 0 bridgehead atoms. The maximum absolute atomic E-state index is 6.16. The third kappa shape index (κ3) is 3.55. The van der Waals surface area contributed by atoms with Crippen molar-refractivity contribution in [3.8, 4) is 0 Å². The van der Waals surface area contributed by atoms with Crippen LogP contribution >= 0.6 is 11.6 Å². The van der Waals surface area contributed by atoms with Crippen LogP contribution < -0.4 is 10.6 Å². The molecule has 0 saturated carbocycles. The van der Waals surface area contributed by atoms with Gasteiger partial charge in [-0.3, -0.25) is 0 Å². The monoisotopic (exact) mass is 370 g/mol. The number of piperazine rings is 1. The number of hydrogen-bond acceptors (Lipinski definition) is 5. The van der Waals surface area contributed by atoms with Crippen molar-refractivity contribution in [2.75, 3.05) is 31.1 Å². The van der Waals surface area contributed by atoms with Crippen LogP contribution in [0.5, 0.6) is 0 Å². The number of benzene rings is 1. The van der Waals surface area contributed by atoms with Gasteiger partial charge < -0.3 is 15.5 Å². The van der Waals surface area contributed by atoms with Gasteiger partial charge in [0.1, 0.15) is 6.54 Å². The molecule has 9 heteroatoms. The molecule has 1 saturated heterocycles. The fourth-order valence-corrected chi connectivity index (χ4v) is 3.07. The molecule has 134 valence electrons. The van der Waals surface area contributed by atoms with Gasteiger partial charge in [-0.1, -0.05) is 11.6 Å². The number of rotatable bonds is 3. The molecule has 0 unspecified atom stereocenters. The normalized spacial score (nSPS) is 15.7. The molecular formula is C17H19ClN8. The van der Waals surface area contributed by atoms with E-state index in [1.807, 2.05) is 36.5 Å². The molecule has 1 aromatic carbocycles. The molecule has 2 N–H and O–H groups in total. The van der Waals surface area contributed by atoms with E-state index in [2.05, 4.69) is 29.9 Å². The molecule has 3 heterocycles. The van der Waals surface area contributed by atoms with Crippen LogP contribution in [0.15, 0.2) is 47.7 Å². The van der Waals surface area contributed by atoms with Gasteiger partial charge in [0, 0.05) is 49.3 Å². The van der Waals surface area contributed by atoms with Gasteiger partial charge in [0.05, 0.1) is 0 Å². The molecule has 1 aliphatic rings. The predicted octanol–water partition coefficient (Wildman–Crippen LogP) is 1.41. The van der Waals surface area contributed by atoms with Crippen LogP contribution in [0.25, 0.3) is 5.78 Å². The maximum Gasteiger partial charge on any atom is 0.252 e. The third-order valence-corrected chi connectivity index (χ3v) is 4.59. The summed E-state index contributed by atoms with van der Waals surface area (Å²) >= 11 is 5.95. The van der Waals surface area contributed by atoms with E-state index in [1.54, 1.807) is 10.7 Å². The van der Waals surface area contributed by atoms with Crippen molar-refractivity contribution >= 4 is 29.0 Å². The highest BCUT2D eigenvalue weighted by molar-refractivity contribution is 6.30. The number of aliphatic imine (C=N–C) groups is 1. The lowest BCUT2D eigenvalue weighted by Gasteiger charge is -2.36. The summed E-state index contributed by atoms with van der Waals surface area (Å²) in [6.45, 7) is 3.74. The van der Waals surface area contributed by atoms with E-state index in [1.165, 1.54) is 5.69 Å². The second-order valence-corrected chi connectivity index (χ2v) is 6.45. The summed E-state index contributed by atoms with van der Waals surface area (Å²) in [4.78, 5) is 17.3. The van der Waals surface area contributed by atoms with Crippen molar-refractivity contribution in [1.82, 2.24) is 24.5 Å². The van der Waals surface area contributed by atoms with Gasteiger partial charge in [0.2, 0.25) is 0 Å². The standard InChI is InChI=1S/C17H19ClN8/c18-13-2-4-14(5-3-13)24-8-10-25(11-9-24)16(19)21-12-15-22-17-20-6-1-7-26(17)23-15/h1-7H,8-12H2,(H2,19,21). The van der Waals surface area contributed by atoms with Crippen LogP contribution in [0.4, 0.5) is 5.69 Å². The molecule has 8 nitrogen and oxygen atoms in total. The SMILES string of the molecule is NC(=NCc1nc2ncccn2n1)N1CCN(c2ccc(Cl)cc2)CC1. The minimum atomic E-state index is 0.340. The van der Waals surface area contributed by atoms with Crippen molar-refractivity contribution in [2.24, 2.45) is 10.7 Å². The van der Waals surface area contributed by atoms with E-state index in [0.29, 0.717) is 24.1 Å². The van der Waals surface area contributed by atoms with E-state index in [0.717, 1.165) is 31.2 Å². The van der Waals surface area contributed by atoms with E-state index in [9.17, 15) is 0 Å². The minimum absolute atomic E-state index is 0.340. The predicted molar refractivity (Wildman–Crippen MR) is 101 cm³/mol. The summed E-state index contributed by atoms with van der Waals surface area (Å²) in [5.74, 6) is 1.69. The quantitative estimate of drug-likeness (QED) is 0.554. The number of guanidine groups is 1. The fraction of sp³-hybridized carbons (Fsp3) is 0.294. The van der Waals surface area contributed by atoms with Gasteiger partial charge in [0.25, 0.3) is 5.78 Å². The number of hydrogen-bond donors (Lipinski definition) is 1. The van der Waals surface area contributed by atoms with Gasteiger partial charge in [-0.25, -0.2) is 14.5 Å². The molecule has 0 atom stereocenters.